The number of aryl methyl sites for hydroxylation is 1. The number of nitrogens with zero attached hydrogens (tertiary/aromatic N) is 5. The van der Waals surface area contributed by atoms with Gasteiger partial charge in [-0.3, -0.25) is 24.0 Å². The van der Waals surface area contributed by atoms with Crippen molar-refractivity contribution in [2.75, 3.05) is 65.6 Å². The predicted octanol–water partition coefficient (Wildman–Crippen LogP) is 0.940. The van der Waals surface area contributed by atoms with Crippen molar-refractivity contribution in [2.24, 2.45) is 0 Å². The number of hydrogen-bond acceptors (Lipinski definition) is 6. The first-order valence-electron chi connectivity index (χ1n) is 12.0. The number of carbonyl (C=O) groups excluding carboxylic acids is 1. The predicted molar refractivity (Wildman–Crippen MR) is 119 cm³/mol. The van der Waals surface area contributed by atoms with E-state index >= 15 is 0 Å². The summed E-state index contributed by atoms with van der Waals surface area (Å²) in [5.41, 5.74) is 0.963. The molecule has 0 bridgehead atoms. The smallest absolute Gasteiger partial charge is 0.253 e. The van der Waals surface area contributed by atoms with Crippen molar-refractivity contribution in [2.45, 2.75) is 51.5 Å². The molecule has 8 heteroatoms. The second kappa shape index (κ2) is 10.7. The van der Waals surface area contributed by atoms with Gasteiger partial charge >= 0.3 is 0 Å². The molecule has 172 valence electrons. The van der Waals surface area contributed by atoms with E-state index in [4.69, 9.17) is 9.72 Å². The van der Waals surface area contributed by atoms with Gasteiger partial charge in [-0.25, -0.2) is 4.98 Å². The minimum atomic E-state index is 0.0777. The highest BCUT2D eigenvalue weighted by Gasteiger charge is 2.30. The molecule has 4 rings (SSSR count). The van der Waals surface area contributed by atoms with Crippen LogP contribution in [0.2, 0.25) is 0 Å². The number of aromatic nitrogens is 2. The van der Waals surface area contributed by atoms with Crippen LogP contribution in [0.4, 0.5) is 0 Å². The largest absolute Gasteiger partial charge is 0.380 e. The van der Waals surface area contributed by atoms with Crippen LogP contribution in [0.15, 0.2) is 10.9 Å². The van der Waals surface area contributed by atoms with E-state index in [1.54, 1.807) is 6.07 Å². The third-order valence-corrected chi connectivity index (χ3v) is 6.93. The Hall–Kier alpha value is -1.77. The summed E-state index contributed by atoms with van der Waals surface area (Å²) in [6.45, 7) is 11.1. The highest BCUT2D eigenvalue weighted by atomic mass is 16.5. The molecule has 0 radical (unpaired) electrons. The molecular formula is C23H37N5O3. The maximum absolute atomic E-state index is 12.9. The van der Waals surface area contributed by atoms with Crippen LogP contribution in [0.1, 0.15) is 50.0 Å². The molecule has 8 nitrogen and oxygen atoms in total. The third-order valence-electron chi connectivity index (χ3n) is 6.93. The third kappa shape index (κ3) is 5.73. The SMILES string of the molecule is CCOCCN1CCN(CC(=O)N2CCC(c3cc(=O)n4c(n3)CCCCC4)C2)CC1. The Morgan fingerprint density at radius 3 is 2.71 bits per heavy atom. The standard InChI is InChI=1S/C23H37N5O3/c1-2-31-15-14-25-10-12-26(13-11-25)18-23(30)27-9-7-19(17-27)20-16-22(29)28-8-5-3-4-6-21(28)24-20/h16,19H,2-15,17-18H2,1H3. The van der Waals surface area contributed by atoms with E-state index in [2.05, 4.69) is 9.80 Å². The highest BCUT2D eigenvalue weighted by Crippen LogP contribution is 2.26. The summed E-state index contributed by atoms with van der Waals surface area (Å²) in [5.74, 6) is 1.32. The van der Waals surface area contributed by atoms with Gasteiger partial charge in [0.05, 0.1) is 18.8 Å². The zero-order chi connectivity index (χ0) is 21.6. The Labute approximate surface area is 185 Å². The molecule has 1 aromatic heterocycles. The molecule has 4 heterocycles. The summed E-state index contributed by atoms with van der Waals surface area (Å²) in [4.78, 5) is 37.0. The molecule has 2 fully saturated rings. The van der Waals surface area contributed by atoms with Crippen molar-refractivity contribution >= 4 is 5.91 Å². The summed E-state index contributed by atoms with van der Waals surface area (Å²) in [6, 6.07) is 1.72. The van der Waals surface area contributed by atoms with E-state index in [1.165, 1.54) is 0 Å². The van der Waals surface area contributed by atoms with Gasteiger partial charge < -0.3 is 9.64 Å². The first kappa shape index (κ1) is 22.4. The fourth-order valence-corrected chi connectivity index (χ4v) is 4.97. The minimum Gasteiger partial charge on any atom is -0.380 e. The second-order valence-electron chi connectivity index (χ2n) is 9.04. The lowest BCUT2D eigenvalue weighted by atomic mass is 10.0. The van der Waals surface area contributed by atoms with Crippen LogP contribution in [0.25, 0.3) is 0 Å². The average Bonchev–Trinajstić information content (AvgIpc) is 3.15. The summed E-state index contributed by atoms with van der Waals surface area (Å²) < 4.78 is 7.29. The number of ether oxygens (including phenoxy) is 1. The first-order valence-corrected chi connectivity index (χ1v) is 12.0. The van der Waals surface area contributed by atoms with Crippen LogP contribution >= 0.6 is 0 Å². The molecule has 0 spiro atoms. The molecule has 1 atom stereocenters. The van der Waals surface area contributed by atoms with Gasteiger partial charge in [-0.05, 0) is 26.2 Å². The Kier molecular flexibility index (Phi) is 7.74. The van der Waals surface area contributed by atoms with Crippen LogP contribution in [-0.2, 0) is 22.5 Å². The average molecular weight is 432 g/mol. The molecule has 31 heavy (non-hydrogen) atoms. The molecule has 2 saturated heterocycles. The maximum atomic E-state index is 12.9. The van der Waals surface area contributed by atoms with Crippen molar-refractivity contribution < 1.29 is 9.53 Å². The number of piperazine rings is 1. The van der Waals surface area contributed by atoms with E-state index < -0.39 is 0 Å². The molecule has 0 saturated carbocycles. The van der Waals surface area contributed by atoms with Crippen molar-refractivity contribution in [3.63, 3.8) is 0 Å². The van der Waals surface area contributed by atoms with E-state index in [0.717, 1.165) is 103 Å². The van der Waals surface area contributed by atoms with Crippen LogP contribution in [0.5, 0.6) is 0 Å². The molecular weight excluding hydrogens is 394 g/mol. The first-order chi connectivity index (χ1) is 15.1. The monoisotopic (exact) mass is 431 g/mol. The maximum Gasteiger partial charge on any atom is 0.253 e. The second-order valence-corrected chi connectivity index (χ2v) is 9.04. The Balaban J connectivity index is 1.27. The summed E-state index contributed by atoms with van der Waals surface area (Å²) >= 11 is 0. The molecule has 0 N–H and O–H groups in total. The number of fused-ring (bicyclic) bond motifs is 1. The topological polar surface area (TPSA) is 70.9 Å². The van der Waals surface area contributed by atoms with Crippen LogP contribution < -0.4 is 5.56 Å². The fraction of sp³-hybridized carbons (Fsp3) is 0.783. The van der Waals surface area contributed by atoms with Gasteiger partial charge in [0.25, 0.3) is 5.56 Å². The van der Waals surface area contributed by atoms with Crippen LogP contribution in [0, 0.1) is 0 Å². The normalized spacial score (nSPS) is 23.0. The molecule has 1 unspecified atom stereocenters. The van der Waals surface area contributed by atoms with Gasteiger partial charge in [-0.1, -0.05) is 6.42 Å². The lowest BCUT2D eigenvalue weighted by Crippen LogP contribution is -2.50. The minimum absolute atomic E-state index is 0.0777. The van der Waals surface area contributed by atoms with Crippen LogP contribution in [0.3, 0.4) is 0 Å². The highest BCUT2D eigenvalue weighted by molar-refractivity contribution is 5.78. The molecule has 3 aliphatic rings. The van der Waals surface area contributed by atoms with Gasteiger partial charge in [0.15, 0.2) is 0 Å². The van der Waals surface area contributed by atoms with Gasteiger partial charge in [-0.2, -0.15) is 0 Å². The number of likely N-dealkylation sites (tertiary alicyclic amines) is 1. The molecule has 0 aromatic carbocycles. The summed E-state index contributed by atoms with van der Waals surface area (Å²) in [5, 5.41) is 0. The van der Waals surface area contributed by atoms with Crippen molar-refractivity contribution in [3.8, 4) is 0 Å². The van der Waals surface area contributed by atoms with Crippen LogP contribution in [-0.4, -0.2) is 95.7 Å². The zero-order valence-corrected chi connectivity index (χ0v) is 18.9. The Bertz CT molecular complexity index is 803. The van der Waals surface area contributed by atoms with Crippen molar-refractivity contribution in [1.29, 1.82) is 0 Å². The van der Waals surface area contributed by atoms with Crippen molar-refractivity contribution in [3.05, 3.63) is 27.9 Å². The Morgan fingerprint density at radius 2 is 1.90 bits per heavy atom. The van der Waals surface area contributed by atoms with Gasteiger partial charge in [0.1, 0.15) is 5.82 Å². The molecule has 0 aliphatic carbocycles. The zero-order valence-electron chi connectivity index (χ0n) is 18.9. The quantitative estimate of drug-likeness (QED) is 0.599. The lowest BCUT2D eigenvalue weighted by molar-refractivity contribution is -0.131. The summed E-state index contributed by atoms with van der Waals surface area (Å²) in [6.07, 6.45) is 5.09. The molecule has 1 aromatic rings. The fourth-order valence-electron chi connectivity index (χ4n) is 4.97. The van der Waals surface area contributed by atoms with Gasteiger partial charge in [0, 0.05) is 77.4 Å². The van der Waals surface area contributed by atoms with E-state index in [9.17, 15) is 9.59 Å². The summed E-state index contributed by atoms with van der Waals surface area (Å²) in [7, 11) is 0. The molecule has 3 aliphatic heterocycles. The number of hydrogen-bond donors (Lipinski definition) is 0. The van der Waals surface area contributed by atoms with E-state index in [0.29, 0.717) is 13.1 Å². The Morgan fingerprint density at radius 1 is 1.10 bits per heavy atom. The van der Waals surface area contributed by atoms with Gasteiger partial charge in [0.2, 0.25) is 5.91 Å². The van der Waals surface area contributed by atoms with Crippen molar-refractivity contribution in [1.82, 2.24) is 24.3 Å². The number of amides is 1. The van der Waals surface area contributed by atoms with Gasteiger partial charge in [-0.15, -0.1) is 0 Å². The van der Waals surface area contributed by atoms with E-state index in [1.807, 2.05) is 16.4 Å². The number of carbonyl (C=O) groups is 1. The number of rotatable bonds is 7. The lowest BCUT2D eigenvalue weighted by Gasteiger charge is -2.34. The van der Waals surface area contributed by atoms with E-state index in [-0.39, 0.29) is 17.4 Å². The molecule has 1 amide bonds.